The number of hydrogen-bond acceptors (Lipinski definition) is 7. The second-order valence-corrected chi connectivity index (χ2v) is 11.5. The summed E-state index contributed by atoms with van der Waals surface area (Å²) in [5.74, 6) is -0.316. The number of nitrogens with one attached hydrogen (secondary N) is 1. The van der Waals surface area contributed by atoms with Gasteiger partial charge in [0.25, 0.3) is 0 Å². The van der Waals surface area contributed by atoms with Gasteiger partial charge in [0.2, 0.25) is 18.6 Å². The Kier molecular flexibility index (Phi) is 8.06. The van der Waals surface area contributed by atoms with Crippen molar-refractivity contribution in [2.45, 2.75) is 79.1 Å². The van der Waals surface area contributed by atoms with E-state index in [1.54, 1.807) is 4.90 Å². The number of hydrogen-bond donors (Lipinski definition) is 1. The van der Waals surface area contributed by atoms with E-state index in [0.29, 0.717) is 23.7 Å². The normalized spacial score (nSPS) is 26.5. The summed E-state index contributed by atoms with van der Waals surface area (Å²) in [5, 5.41) is 2.91. The number of unbranched alkanes of at least 4 members (excludes halogenated alkanes) is 1. The van der Waals surface area contributed by atoms with Gasteiger partial charge in [-0.3, -0.25) is 14.4 Å². The summed E-state index contributed by atoms with van der Waals surface area (Å²) >= 11 is 0. The molecule has 0 radical (unpaired) electrons. The van der Waals surface area contributed by atoms with Crippen LogP contribution in [0.2, 0.25) is 0 Å². The number of carbonyl (C=O) groups excluding carboxylic acids is 3. The Hall–Kier alpha value is -3.07. The molecule has 38 heavy (non-hydrogen) atoms. The number of nitrogens with zero attached hydrogens (tertiary/aromatic N) is 1. The van der Waals surface area contributed by atoms with E-state index in [1.807, 2.05) is 38.1 Å². The van der Waals surface area contributed by atoms with Crippen LogP contribution in [0.4, 0.5) is 0 Å². The number of likely N-dealkylation sites (tertiary alicyclic amines) is 1. The SMILES string of the molecule is CCCCNC(=O)C[C@H]1C[C@]2(C(=O)OC)C(=C[C@@H](C(C)(C)C)O[C@H]2C)N(Cc2ccc3c(c2)OCO3)C1=O. The van der Waals surface area contributed by atoms with Crippen molar-refractivity contribution >= 4 is 17.8 Å². The summed E-state index contributed by atoms with van der Waals surface area (Å²) in [4.78, 5) is 42.1. The maximum atomic E-state index is 14.1. The smallest absolute Gasteiger partial charge is 0.320 e. The first kappa shape index (κ1) is 28.0. The monoisotopic (exact) mass is 528 g/mol. The molecule has 9 heteroatoms. The fraction of sp³-hybridized carbons (Fsp3) is 0.621. The predicted molar refractivity (Wildman–Crippen MR) is 140 cm³/mol. The molecule has 4 atom stereocenters. The molecule has 1 aromatic carbocycles. The highest BCUT2D eigenvalue weighted by molar-refractivity contribution is 5.92. The lowest BCUT2D eigenvalue weighted by Crippen LogP contribution is -2.61. The van der Waals surface area contributed by atoms with E-state index in [0.717, 1.165) is 18.4 Å². The number of ether oxygens (including phenoxy) is 4. The molecule has 0 bridgehead atoms. The van der Waals surface area contributed by atoms with Gasteiger partial charge in [0, 0.05) is 24.6 Å². The number of carbonyl (C=O) groups is 3. The summed E-state index contributed by atoms with van der Waals surface area (Å²) in [6.07, 6.45) is 2.94. The van der Waals surface area contributed by atoms with Gasteiger partial charge in [0.05, 0.1) is 25.9 Å². The standard InChI is InChI=1S/C29H40N2O7/c1-7-8-11-30-25(32)13-20-15-29(27(34)35-6)18(2)38-24(28(3,4)5)14-23(29)31(26(20)33)16-19-9-10-21-22(12-19)37-17-36-21/h9-10,12,14,18,20,24H,7-8,11,13,15-17H2,1-6H3,(H,30,32)/t18-,20-,24-,29+/m0/s1. The second-order valence-electron chi connectivity index (χ2n) is 11.5. The molecule has 1 fully saturated rings. The molecule has 0 saturated carbocycles. The fourth-order valence-corrected chi connectivity index (χ4v) is 5.53. The maximum Gasteiger partial charge on any atom is 0.320 e. The Labute approximate surface area is 224 Å². The predicted octanol–water partition coefficient (Wildman–Crippen LogP) is 3.95. The zero-order valence-electron chi connectivity index (χ0n) is 23.3. The zero-order chi connectivity index (χ0) is 27.7. The van der Waals surface area contributed by atoms with E-state index in [2.05, 4.69) is 26.1 Å². The summed E-state index contributed by atoms with van der Waals surface area (Å²) in [5.41, 5.74) is -0.0996. The molecule has 3 aliphatic rings. The van der Waals surface area contributed by atoms with Crippen molar-refractivity contribution in [3.8, 4) is 11.5 Å². The van der Waals surface area contributed by atoms with E-state index in [4.69, 9.17) is 18.9 Å². The second kappa shape index (κ2) is 11.0. The Morgan fingerprint density at radius 3 is 2.63 bits per heavy atom. The van der Waals surface area contributed by atoms with E-state index in [1.165, 1.54) is 7.11 Å². The van der Waals surface area contributed by atoms with Crippen molar-refractivity contribution in [2.24, 2.45) is 16.7 Å². The molecule has 0 spiro atoms. The van der Waals surface area contributed by atoms with Crippen LogP contribution in [0.15, 0.2) is 30.0 Å². The number of esters is 1. The molecule has 0 unspecified atom stereocenters. The lowest BCUT2D eigenvalue weighted by molar-refractivity contribution is -0.180. The van der Waals surface area contributed by atoms with Crippen LogP contribution in [0, 0.1) is 16.7 Å². The van der Waals surface area contributed by atoms with E-state index in [-0.39, 0.29) is 49.5 Å². The molecule has 0 aliphatic carbocycles. The first-order chi connectivity index (χ1) is 18.0. The molecule has 1 aromatic rings. The first-order valence-corrected chi connectivity index (χ1v) is 13.4. The van der Waals surface area contributed by atoms with Gasteiger partial charge in [-0.15, -0.1) is 0 Å². The molecule has 3 heterocycles. The summed E-state index contributed by atoms with van der Waals surface area (Å²) in [7, 11) is 1.35. The van der Waals surface area contributed by atoms with Crippen LogP contribution >= 0.6 is 0 Å². The molecule has 9 nitrogen and oxygen atoms in total. The molecule has 1 N–H and O–H groups in total. The van der Waals surface area contributed by atoms with Crippen LogP contribution in [0.1, 0.15) is 65.9 Å². The molecule has 2 amide bonds. The maximum absolute atomic E-state index is 14.1. The third kappa shape index (κ3) is 5.25. The van der Waals surface area contributed by atoms with Crippen molar-refractivity contribution in [3.63, 3.8) is 0 Å². The zero-order valence-corrected chi connectivity index (χ0v) is 23.3. The summed E-state index contributed by atoms with van der Waals surface area (Å²) in [6.45, 7) is 11.0. The van der Waals surface area contributed by atoms with E-state index in [9.17, 15) is 14.4 Å². The van der Waals surface area contributed by atoms with Gasteiger partial charge in [0.1, 0.15) is 5.41 Å². The van der Waals surface area contributed by atoms with Gasteiger partial charge < -0.3 is 29.2 Å². The van der Waals surface area contributed by atoms with Crippen molar-refractivity contribution in [1.29, 1.82) is 0 Å². The number of rotatable bonds is 8. The molecular formula is C29H40N2O7. The Morgan fingerprint density at radius 2 is 1.95 bits per heavy atom. The highest BCUT2D eigenvalue weighted by Crippen LogP contribution is 2.52. The molecule has 0 aromatic heterocycles. The lowest BCUT2D eigenvalue weighted by Gasteiger charge is -2.53. The van der Waals surface area contributed by atoms with Gasteiger partial charge in [-0.1, -0.05) is 40.2 Å². The van der Waals surface area contributed by atoms with E-state index < -0.39 is 23.4 Å². The lowest BCUT2D eigenvalue weighted by atomic mass is 9.65. The van der Waals surface area contributed by atoms with Crippen molar-refractivity contribution in [2.75, 3.05) is 20.4 Å². The van der Waals surface area contributed by atoms with Crippen LogP contribution in [-0.4, -0.2) is 55.3 Å². The van der Waals surface area contributed by atoms with Crippen LogP contribution < -0.4 is 14.8 Å². The quantitative estimate of drug-likeness (QED) is 0.403. The van der Waals surface area contributed by atoms with Crippen LogP contribution in [0.3, 0.4) is 0 Å². The number of benzene rings is 1. The average molecular weight is 529 g/mol. The summed E-state index contributed by atoms with van der Waals surface area (Å²) < 4.78 is 22.7. The third-order valence-electron chi connectivity index (χ3n) is 7.75. The van der Waals surface area contributed by atoms with Gasteiger partial charge in [-0.05, 0) is 49.0 Å². The minimum Gasteiger partial charge on any atom is -0.468 e. The summed E-state index contributed by atoms with van der Waals surface area (Å²) in [6, 6.07) is 5.55. The van der Waals surface area contributed by atoms with Crippen molar-refractivity contribution in [3.05, 3.63) is 35.5 Å². The molecule has 208 valence electrons. The topological polar surface area (TPSA) is 103 Å². The van der Waals surface area contributed by atoms with Gasteiger partial charge in [-0.25, -0.2) is 0 Å². The molecule has 4 rings (SSSR count). The Morgan fingerprint density at radius 1 is 1.21 bits per heavy atom. The van der Waals surface area contributed by atoms with Gasteiger partial charge >= 0.3 is 5.97 Å². The minimum absolute atomic E-state index is 0.0123. The minimum atomic E-state index is -1.23. The van der Waals surface area contributed by atoms with Gasteiger partial charge in [0.15, 0.2) is 11.5 Å². The number of piperidine rings is 1. The average Bonchev–Trinajstić information content (AvgIpc) is 3.34. The number of methoxy groups -OCH3 is 1. The van der Waals surface area contributed by atoms with E-state index >= 15 is 0 Å². The Balaban J connectivity index is 1.76. The molecule has 3 aliphatic heterocycles. The van der Waals surface area contributed by atoms with Crippen molar-refractivity contribution in [1.82, 2.24) is 10.2 Å². The van der Waals surface area contributed by atoms with Gasteiger partial charge in [-0.2, -0.15) is 0 Å². The van der Waals surface area contributed by atoms with Crippen LogP contribution in [0.25, 0.3) is 0 Å². The Bertz CT molecular complexity index is 1110. The van der Waals surface area contributed by atoms with Crippen molar-refractivity contribution < 1.29 is 33.3 Å². The highest BCUT2D eigenvalue weighted by Gasteiger charge is 2.60. The number of fused-ring (bicyclic) bond motifs is 2. The van der Waals surface area contributed by atoms with Crippen LogP contribution in [-0.2, 0) is 30.4 Å². The van der Waals surface area contributed by atoms with Crippen LogP contribution in [0.5, 0.6) is 11.5 Å². The molecular weight excluding hydrogens is 488 g/mol. The fourth-order valence-electron chi connectivity index (χ4n) is 5.53. The highest BCUT2D eigenvalue weighted by atomic mass is 16.7. The molecule has 1 saturated heterocycles. The number of amides is 2. The first-order valence-electron chi connectivity index (χ1n) is 13.4. The third-order valence-corrected chi connectivity index (χ3v) is 7.75. The largest absolute Gasteiger partial charge is 0.468 e.